The van der Waals surface area contributed by atoms with Crippen LogP contribution in [0.5, 0.6) is 0 Å². The van der Waals surface area contributed by atoms with E-state index in [0.29, 0.717) is 6.04 Å². The molecule has 0 spiro atoms. The zero-order chi connectivity index (χ0) is 14.8. The van der Waals surface area contributed by atoms with Gasteiger partial charge in [-0.3, -0.25) is 9.89 Å². The van der Waals surface area contributed by atoms with E-state index in [0.717, 1.165) is 51.3 Å². The van der Waals surface area contributed by atoms with Crippen LogP contribution in [0.1, 0.15) is 40.0 Å². The second-order valence-electron chi connectivity index (χ2n) is 5.54. The van der Waals surface area contributed by atoms with Crippen LogP contribution in [-0.2, 0) is 4.74 Å². The maximum Gasteiger partial charge on any atom is 0.191 e. The first-order valence-electron chi connectivity index (χ1n) is 7.97. The van der Waals surface area contributed by atoms with Gasteiger partial charge in [0.05, 0.1) is 0 Å². The molecule has 20 heavy (non-hydrogen) atoms. The van der Waals surface area contributed by atoms with Crippen LogP contribution in [0.25, 0.3) is 0 Å². The van der Waals surface area contributed by atoms with Crippen molar-refractivity contribution in [2.45, 2.75) is 52.1 Å². The molecule has 0 saturated heterocycles. The minimum absolute atomic E-state index is 0.630. The molecule has 0 unspecified atom stereocenters. The van der Waals surface area contributed by atoms with Crippen molar-refractivity contribution in [3.63, 3.8) is 0 Å². The summed E-state index contributed by atoms with van der Waals surface area (Å²) in [5.41, 5.74) is 0. The van der Waals surface area contributed by atoms with E-state index in [2.05, 4.69) is 34.4 Å². The van der Waals surface area contributed by atoms with Gasteiger partial charge in [-0.05, 0) is 40.0 Å². The maximum atomic E-state index is 5.31. The van der Waals surface area contributed by atoms with Crippen LogP contribution in [0.2, 0.25) is 0 Å². The molecule has 0 amide bonds. The fourth-order valence-corrected chi connectivity index (χ4v) is 2.32. The first-order chi connectivity index (χ1) is 9.69. The summed E-state index contributed by atoms with van der Waals surface area (Å²) in [5, 5.41) is 6.70. The van der Waals surface area contributed by atoms with Gasteiger partial charge in [0.2, 0.25) is 0 Å². The lowest BCUT2D eigenvalue weighted by Crippen LogP contribution is -2.44. The molecular weight excluding hydrogens is 252 g/mol. The second-order valence-corrected chi connectivity index (χ2v) is 5.54. The van der Waals surface area contributed by atoms with E-state index in [1.807, 2.05) is 14.0 Å². The van der Waals surface area contributed by atoms with Gasteiger partial charge in [0.1, 0.15) is 0 Å². The van der Waals surface area contributed by atoms with Crippen molar-refractivity contribution in [3.05, 3.63) is 0 Å². The smallest absolute Gasteiger partial charge is 0.191 e. The molecule has 1 saturated carbocycles. The molecule has 1 rings (SSSR count). The molecule has 2 N–H and O–H groups in total. The highest BCUT2D eigenvalue weighted by Crippen LogP contribution is 2.27. The van der Waals surface area contributed by atoms with Gasteiger partial charge >= 0.3 is 0 Å². The SMILES string of the molecule is CCOCCCNC(=NC)NCCN(C(C)C)C1CC1. The number of rotatable bonds is 10. The summed E-state index contributed by atoms with van der Waals surface area (Å²) in [6.07, 6.45) is 3.74. The van der Waals surface area contributed by atoms with E-state index in [1.165, 1.54) is 12.8 Å². The fourth-order valence-electron chi connectivity index (χ4n) is 2.32. The molecular formula is C15H32N4O. The number of aliphatic imine (C=N–C) groups is 1. The summed E-state index contributed by atoms with van der Waals surface area (Å²) in [5.74, 6) is 0.890. The van der Waals surface area contributed by atoms with E-state index in [1.54, 1.807) is 0 Å². The average molecular weight is 284 g/mol. The quantitative estimate of drug-likeness (QED) is 0.362. The highest BCUT2D eigenvalue weighted by molar-refractivity contribution is 5.79. The Bertz CT molecular complexity index is 275. The number of nitrogens with zero attached hydrogens (tertiary/aromatic N) is 2. The lowest BCUT2D eigenvalue weighted by molar-refractivity contribution is 0.145. The van der Waals surface area contributed by atoms with Gasteiger partial charge in [0.15, 0.2) is 5.96 Å². The Labute approximate surface area is 124 Å². The minimum atomic E-state index is 0.630. The largest absolute Gasteiger partial charge is 0.382 e. The normalized spacial score (nSPS) is 16.0. The van der Waals surface area contributed by atoms with Gasteiger partial charge < -0.3 is 15.4 Å². The zero-order valence-corrected chi connectivity index (χ0v) is 13.6. The van der Waals surface area contributed by atoms with Crippen LogP contribution in [0.3, 0.4) is 0 Å². The van der Waals surface area contributed by atoms with Crippen molar-refractivity contribution in [2.75, 3.05) is 39.9 Å². The Balaban J connectivity index is 2.11. The molecule has 0 aliphatic heterocycles. The van der Waals surface area contributed by atoms with Crippen LogP contribution < -0.4 is 10.6 Å². The van der Waals surface area contributed by atoms with Crippen molar-refractivity contribution in [2.24, 2.45) is 4.99 Å². The van der Waals surface area contributed by atoms with Crippen molar-refractivity contribution < 1.29 is 4.74 Å². The number of hydrogen-bond acceptors (Lipinski definition) is 3. The highest BCUT2D eigenvalue weighted by atomic mass is 16.5. The Hall–Kier alpha value is -0.810. The van der Waals surface area contributed by atoms with Crippen molar-refractivity contribution in [1.82, 2.24) is 15.5 Å². The number of nitrogens with one attached hydrogen (secondary N) is 2. The second kappa shape index (κ2) is 10.00. The standard InChI is InChI=1S/C15H32N4O/c1-5-20-12-6-9-17-15(16-4)18-10-11-19(13(2)3)14-7-8-14/h13-14H,5-12H2,1-4H3,(H2,16,17,18). The Morgan fingerprint density at radius 1 is 1.30 bits per heavy atom. The van der Waals surface area contributed by atoms with Gasteiger partial charge in [-0.15, -0.1) is 0 Å². The fraction of sp³-hybridized carbons (Fsp3) is 0.933. The van der Waals surface area contributed by atoms with E-state index in [9.17, 15) is 0 Å². The van der Waals surface area contributed by atoms with Gasteiger partial charge in [-0.2, -0.15) is 0 Å². The van der Waals surface area contributed by atoms with Crippen molar-refractivity contribution in [3.8, 4) is 0 Å². The van der Waals surface area contributed by atoms with E-state index in [4.69, 9.17) is 4.74 Å². The van der Waals surface area contributed by atoms with E-state index in [-0.39, 0.29) is 0 Å². The molecule has 0 aromatic heterocycles. The van der Waals surface area contributed by atoms with E-state index < -0.39 is 0 Å². The monoisotopic (exact) mass is 284 g/mol. The summed E-state index contributed by atoms with van der Waals surface area (Å²) >= 11 is 0. The maximum absolute atomic E-state index is 5.31. The van der Waals surface area contributed by atoms with Crippen molar-refractivity contribution >= 4 is 5.96 Å². The molecule has 118 valence electrons. The van der Waals surface area contributed by atoms with Crippen LogP contribution in [0.15, 0.2) is 4.99 Å². The minimum Gasteiger partial charge on any atom is -0.382 e. The van der Waals surface area contributed by atoms with Gasteiger partial charge in [-0.25, -0.2) is 0 Å². The predicted octanol–water partition coefficient (Wildman–Crippen LogP) is 1.45. The number of guanidine groups is 1. The van der Waals surface area contributed by atoms with Gasteiger partial charge in [0, 0.05) is 52.0 Å². The topological polar surface area (TPSA) is 48.9 Å². The van der Waals surface area contributed by atoms with Crippen LogP contribution in [-0.4, -0.2) is 62.8 Å². The Morgan fingerprint density at radius 2 is 2.00 bits per heavy atom. The molecule has 5 heteroatoms. The average Bonchev–Trinajstić information content (AvgIpc) is 3.25. The molecule has 0 bridgehead atoms. The third-order valence-corrected chi connectivity index (χ3v) is 3.53. The number of ether oxygens (including phenoxy) is 1. The third kappa shape index (κ3) is 7.10. The zero-order valence-electron chi connectivity index (χ0n) is 13.6. The van der Waals surface area contributed by atoms with Crippen LogP contribution in [0, 0.1) is 0 Å². The highest BCUT2D eigenvalue weighted by Gasteiger charge is 2.29. The van der Waals surface area contributed by atoms with E-state index >= 15 is 0 Å². The van der Waals surface area contributed by atoms with Gasteiger partial charge in [-0.1, -0.05) is 0 Å². The van der Waals surface area contributed by atoms with Crippen LogP contribution in [0.4, 0.5) is 0 Å². The molecule has 0 heterocycles. The summed E-state index contributed by atoms with van der Waals surface area (Å²) < 4.78 is 5.31. The Kier molecular flexibility index (Phi) is 8.62. The lowest BCUT2D eigenvalue weighted by atomic mass is 10.3. The van der Waals surface area contributed by atoms with Crippen molar-refractivity contribution in [1.29, 1.82) is 0 Å². The predicted molar refractivity (Wildman–Crippen MR) is 85.3 cm³/mol. The molecule has 0 atom stereocenters. The molecule has 5 nitrogen and oxygen atoms in total. The Morgan fingerprint density at radius 3 is 2.55 bits per heavy atom. The summed E-state index contributed by atoms with van der Waals surface area (Å²) in [7, 11) is 1.82. The first kappa shape index (κ1) is 17.2. The molecule has 1 aliphatic carbocycles. The lowest BCUT2D eigenvalue weighted by Gasteiger charge is -2.26. The van der Waals surface area contributed by atoms with Gasteiger partial charge in [0.25, 0.3) is 0 Å². The molecule has 1 aliphatic rings. The number of hydrogen-bond donors (Lipinski definition) is 2. The molecule has 0 radical (unpaired) electrons. The summed E-state index contributed by atoms with van der Waals surface area (Å²) in [4.78, 5) is 6.82. The summed E-state index contributed by atoms with van der Waals surface area (Å²) in [6, 6.07) is 1.45. The molecule has 0 aromatic carbocycles. The van der Waals surface area contributed by atoms with Crippen LogP contribution >= 0.6 is 0 Å². The molecule has 1 fully saturated rings. The summed E-state index contributed by atoms with van der Waals surface area (Å²) in [6.45, 7) is 11.1. The first-order valence-corrected chi connectivity index (χ1v) is 7.97. The molecule has 0 aromatic rings. The third-order valence-electron chi connectivity index (χ3n) is 3.53.